The SMILES string of the molecule is Cc1ccc(CN2C[C@H](C(=O)N3CCCCO3)C[C@@H]3OCC[C@@H]32)o1. The number of likely N-dealkylation sites (tertiary alicyclic amines) is 1. The van der Waals surface area contributed by atoms with Crippen LogP contribution in [-0.2, 0) is 20.9 Å². The Morgan fingerprint density at radius 1 is 1.29 bits per heavy atom. The van der Waals surface area contributed by atoms with Crippen LogP contribution in [-0.4, -0.2) is 54.3 Å². The van der Waals surface area contributed by atoms with Gasteiger partial charge >= 0.3 is 0 Å². The maximum atomic E-state index is 12.8. The zero-order valence-corrected chi connectivity index (χ0v) is 14.3. The number of hydrogen-bond acceptors (Lipinski definition) is 5. The molecule has 3 aliphatic rings. The van der Waals surface area contributed by atoms with Gasteiger partial charge in [0, 0.05) is 25.7 Å². The van der Waals surface area contributed by atoms with E-state index < -0.39 is 0 Å². The minimum absolute atomic E-state index is 0.0569. The topological polar surface area (TPSA) is 55.2 Å². The predicted molar refractivity (Wildman–Crippen MR) is 87.0 cm³/mol. The molecule has 1 aromatic rings. The van der Waals surface area contributed by atoms with Gasteiger partial charge in [0.15, 0.2) is 0 Å². The third-order valence-electron chi connectivity index (χ3n) is 5.37. The van der Waals surface area contributed by atoms with E-state index in [1.54, 1.807) is 5.06 Å². The Morgan fingerprint density at radius 3 is 2.96 bits per heavy atom. The molecule has 0 aromatic carbocycles. The number of nitrogens with zero attached hydrogens (tertiary/aromatic N) is 2. The summed E-state index contributed by atoms with van der Waals surface area (Å²) in [5.41, 5.74) is 0. The van der Waals surface area contributed by atoms with Crippen LogP contribution >= 0.6 is 0 Å². The first-order valence-corrected chi connectivity index (χ1v) is 9.06. The fourth-order valence-electron chi connectivity index (χ4n) is 4.16. The molecule has 1 amide bonds. The molecular weight excluding hydrogens is 308 g/mol. The van der Waals surface area contributed by atoms with Gasteiger partial charge in [0.2, 0.25) is 0 Å². The molecule has 132 valence electrons. The molecule has 6 nitrogen and oxygen atoms in total. The lowest BCUT2D eigenvalue weighted by atomic mass is 9.89. The monoisotopic (exact) mass is 334 g/mol. The second-order valence-corrected chi connectivity index (χ2v) is 7.12. The minimum Gasteiger partial charge on any atom is -0.465 e. The second kappa shape index (κ2) is 6.86. The maximum absolute atomic E-state index is 12.8. The van der Waals surface area contributed by atoms with Gasteiger partial charge in [-0.15, -0.1) is 0 Å². The van der Waals surface area contributed by atoms with Crippen molar-refractivity contribution in [3.63, 3.8) is 0 Å². The Kier molecular flexibility index (Phi) is 4.61. The van der Waals surface area contributed by atoms with E-state index >= 15 is 0 Å². The van der Waals surface area contributed by atoms with E-state index in [1.165, 1.54) is 0 Å². The summed E-state index contributed by atoms with van der Waals surface area (Å²) >= 11 is 0. The standard InChI is InChI=1S/C18H26N2O4/c1-13-4-5-15(24-13)12-19-11-14(10-17-16(19)6-9-22-17)18(21)20-7-2-3-8-23-20/h4-5,14,16-17H,2-3,6-12H2,1H3/t14-,16+,17+/m1/s1. The zero-order chi connectivity index (χ0) is 16.5. The molecule has 3 atom stereocenters. The zero-order valence-electron chi connectivity index (χ0n) is 14.3. The molecular formula is C18H26N2O4. The molecule has 0 radical (unpaired) electrons. The van der Waals surface area contributed by atoms with Gasteiger partial charge in [-0.1, -0.05) is 0 Å². The number of fused-ring (bicyclic) bond motifs is 1. The maximum Gasteiger partial charge on any atom is 0.250 e. The Morgan fingerprint density at radius 2 is 2.21 bits per heavy atom. The molecule has 0 unspecified atom stereocenters. The molecule has 0 bridgehead atoms. The molecule has 0 saturated carbocycles. The Bertz CT molecular complexity index is 581. The van der Waals surface area contributed by atoms with E-state index in [-0.39, 0.29) is 17.9 Å². The summed E-state index contributed by atoms with van der Waals surface area (Å²) in [7, 11) is 0. The molecule has 24 heavy (non-hydrogen) atoms. The lowest BCUT2D eigenvalue weighted by molar-refractivity contribution is -0.204. The molecule has 0 spiro atoms. The van der Waals surface area contributed by atoms with Crippen molar-refractivity contribution >= 4 is 5.91 Å². The number of rotatable bonds is 3. The third-order valence-corrected chi connectivity index (χ3v) is 5.37. The molecule has 0 N–H and O–H groups in total. The highest BCUT2D eigenvalue weighted by molar-refractivity contribution is 5.78. The molecule has 3 aliphatic heterocycles. The second-order valence-electron chi connectivity index (χ2n) is 7.12. The lowest BCUT2D eigenvalue weighted by Gasteiger charge is -2.41. The van der Waals surface area contributed by atoms with Crippen molar-refractivity contribution in [3.05, 3.63) is 23.7 Å². The highest BCUT2D eigenvalue weighted by Gasteiger charge is 2.43. The van der Waals surface area contributed by atoms with Crippen LogP contribution in [0, 0.1) is 12.8 Å². The number of carbonyl (C=O) groups excluding carboxylic acids is 1. The van der Waals surface area contributed by atoms with Crippen molar-refractivity contribution in [3.8, 4) is 0 Å². The average Bonchev–Trinajstić information content (AvgIpc) is 3.24. The van der Waals surface area contributed by atoms with Gasteiger partial charge in [-0.25, -0.2) is 5.06 Å². The van der Waals surface area contributed by atoms with Crippen LogP contribution in [0.15, 0.2) is 16.5 Å². The first kappa shape index (κ1) is 16.1. The number of furan rings is 1. The number of piperidine rings is 1. The summed E-state index contributed by atoms with van der Waals surface area (Å²) in [6, 6.07) is 4.41. The Balaban J connectivity index is 1.47. The van der Waals surface area contributed by atoms with E-state index in [0.29, 0.717) is 19.2 Å². The predicted octanol–water partition coefficient (Wildman–Crippen LogP) is 2.12. The van der Waals surface area contributed by atoms with Crippen molar-refractivity contribution in [1.29, 1.82) is 0 Å². The van der Waals surface area contributed by atoms with Gasteiger partial charge in [0.25, 0.3) is 5.91 Å². The quantitative estimate of drug-likeness (QED) is 0.847. The lowest BCUT2D eigenvalue weighted by Crippen LogP contribution is -2.53. The molecule has 6 heteroatoms. The van der Waals surface area contributed by atoms with Crippen molar-refractivity contribution in [2.24, 2.45) is 5.92 Å². The first-order chi connectivity index (χ1) is 11.7. The first-order valence-electron chi connectivity index (χ1n) is 9.06. The number of hydrogen-bond donors (Lipinski definition) is 0. The van der Waals surface area contributed by atoms with Crippen LogP contribution < -0.4 is 0 Å². The summed E-state index contributed by atoms with van der Waals surface area (Å²) < 4.78 is 11.7. The molecule has 0 aliphatic carbocycles. The number of ether oxygens (including phenoxy) is 1. The van der Waals surface area contributed by atoms with Gasteiger partial charge in [0.05, 0.1) is 25.2 Å². The van der Waals surface area contributed by atoms with Crippen LogP contribution in [0.5, 0.6) is 0 Å². The van der Waals surface area contributed by atoms with Crippen molar-refractivity contribution < 1.29 is 18.8 Å². The highest BCUT2D eigenvalue weighted by atomic mass is 16.7. The normalized spacial score (nSPS) is 31.2. The largest absolute Gasteiger partial charge is 0.465 e. The van der Waals surface area contributed by atoms with Gasteiger partial charge in [-0.2, -0.15) is 0 Å². The highest BCUT2D eigenvalue weighted by Crippen LogP contribution is 2.33. The molecule has 1 aromatic heterocycles. The minimum atomic E-state index is -0.0569. The van der Waals surface area contributed by atoms with Crippen LogP contribution in [0.4, 0.5) is 0 Å². The molecule has 4 rings (SSSR count). The molecule has 4 heterocycles. The van der Waals surface area contributed by atoms with Gasteiger partial charge in [0.1, 0.15) is 11.5 Å². The Labute approximate surface area is 142 Å². The van der Waals surface area contributed by atoms with E-state index in [9.17, 15) is 4.79 Å². The van der Waals surface area contributed by atoms with E-state index in [1.807, 2.05) is 19.1 Å². The van der Waals surface area contributed by atoms with Gasteiger partial charge in [-0.3, -0.25) is 14.5 Å². The van der Waals surface area contributed by atoms with Gasteiger partial charge < -0.3 is 9.15 Å². The number of carbonyl (C=O) groups is 1. The van der Waals surface area contributed by atoms with Crippen molar-refractivity contribution in [2.45, 2.75) is 51.3 Å². The molecule has 3 saturated heterocycles. The summed E-state index contributed by atoms with van der Waals surface area (Å²) in [6.45, 7) is 5.59. The number of aryl methyl sites for hydroxylation is 1. The van der Waals surface area contributed by atoms with Crippen molar-refractivity contribution in [1.82, 2.24) is 9.96 Å². The summed E-state index contributed by atoms with van der Waals surface area (Å²) in [5.74, 6) is 1.94. The fraction of sp³-hybridized carbons (Fsp3) is 0.722. The van der Waals surface area contributed by atoms with Crippen molar-refractivity contribution in [2.75, 3.05) is 26.3 Å². The van der Waals surface area contributed by atoms with E-state index in [2.05, 4.69) is 4.90 Å². The van der Waals surface area contributed by atoms with Crippen LogP contribution in [0.1, 0.15) is 37.2 Å². The summed E-state index contributed by atoms with van der Waals surface area (Å²) in [6.07, 6.45) is 4.04. The van der Waals surface area contributed by atoms with E-state index in [4.69, 9.17) is 14.0 Å². The average molecular weight is 334 g/mol. The molecule has 3 fully saturated rings. The van der Waals surface area contributed by atoms with Crippen LogP contribution in [0.25, 0.3) is 0 Å². The van der Waals surface area contributed by atoms with Crippen LogP contribution in [0.3, 0.4) is 0 Å². The number of amides is 1. The number of hydroxylamine groups is 2. The van der Waals surface area contributed by atoms with E-state index in [0.717, 1.165) is 56.9 Å². The Hall–Kier alpha value is -1.37. The third kappa shape index (κ3) is 3.23. The smallest absolute Gasteiger partial charge is 0.250 e. The summed E-state index contributed by atoms with van der Waals surface area (Å²) in [4.78, 5) is 20.8. The van der Waals surface area contributed by atoms with Gasteiger partial charge in [-0.05, 0) is 44.7 Å². The summed E-state index contributed by atoms with van der Waals surface area (Å²) in [5, 5.41) is 1.58. The van der Waals surface area contributed by atoms with Crippen LogP contribution in [0.2, 0.25) is 0 Å². The fourth-order valence-corrected chi connectivity index (χ4v) is 4.16.